The predicted octanol–water partition coefficient (Wildman–Crippen LogP) is 3.34. The lowest BCUT2D eigenvalue weighted by molar-refractivity contribution is -0.384. The van der Waals surface area contributed by atoms with Gasteiger partial charge in [-0.1, -0.05) is 37.1 Å². The molecular formula is C16H21ClN4O2. The van der Waals surface area contributed by atoms with E-state index in [4.69, 9.17) is 17.3 Å². The molecule has 0 fully saturated rings. The number of halogens is 1. The first kappa shape index (κ1) is 17.4. The topological polar surface area (TPSA) is 87.0 Å². The van der Waals surface area contributed by atoms with Crippen molar-refractivity contribution in [2.45, 2.75) is 39.2 Å². The van der Waals surface area contributed by atoms with E-state index in [-0.39, 0.29) is 5.69 Å². The van der Waals surface area contributed by atoms with Crippen molar-refractivity contribution >= 4 is 17.3 Å². The molecule has 0 bridgehead atoms. The predicted molar refractivity (Wildman–Crippen MR) is 90.8 cm³/mol. The first-order valence-corrected chi connectivity index (χ1v) is 8.11. The van der Waals surface area contributed by atoms with E-state index >= 15 is 0 Å². The number of nitro groups is 1. The van der Waals surface area contributed by atoms with Crippen molar-refractivity contribution in [3.8, 4) is 0 Å². The van der Waals surface area contributed by atoms with Gasteiger partial charge in [-0.3, -0.25) is 10.1 Å². The number of nitrogens with zero attached hydrogens (tertiary/aromatic N) is 3. The molecule has 6 nitrogen and oxygen atoms in total. The van der Waals surface area contributed by atoms with Crippen LogP contribution in [-0.4, -0.2) is 21.0 Å². The molecule has 23 heavy (non-hydrogen) atoms. The van der Waals surface area contributed by atoms with E-state index in [1.807, 2.05) is 0 Å². The molecule has 0 saturated carbocycles. The molecule has 2 N–H and O–H groups in total. The van der Waals surface area contributed by atoms with Crippen LogP contribution in [0.25, 0.3) is 0 Å². The minimum atomic E-state index is -0.398. The molecule has 2 aromatic rings. The third-order valence-electron chi connectivity index (χ3n) is 3.73. The molecule has 1 aromatic heterocycles. The molecule has 0 aliphatic carbocycles. The van der Waals surface area contributed by atoms with Gasteiger partial charge >= 0.3 is 0 Å². The van der Waals surface area contributed by atoms with Gasteiger partial charge in [0.25, 0.3) is 5.69 Å². The molecule has 0 spiro atoms. The van der Waals surface area contributed by atoms with Crippen molar-refractivity contribution in [2.24, 2.45) is 5.73 Å². The van der Waals surface area contributed by atoms with Crippen LogP contribution >= 0.6 is 11.6 Å². The molecule has 0 saturated heterocycles. The van der Waals surface area contributed by atoms with Crippen LogP contribution in [0, 0.1) is 10.1 Å². The highest BCUT2D eigenvalue weighted by Crippen LogP contribution is 2.22. The van der Waals surface area contributed by atoms with Gasteiger partial charge in [0.2, 0.25) is 0 Å². The molecule has 124 valence electrons. The maximum atomic E-state index is 10.7. The molecule has 0 aliphatic heterocycles. The average Bonchev–Trinajstić information content (AvgIpc) is 2.82. The Morgan fingerprint density at radius 2 is 2.00 bits per heavy atom. The lowest BCUT2D eigenvalue weighted by atomic mass is 10.2. The first-order valence-electron chi connectivity index (χ1n) is 7.74. The van der Waals surface area contributed by atoms with Crippen LogP contribution in [0.15, 0.2) is 24.3 Å². The second-order valence-corrected chi connectivity index (χ2v) is 5.78. The van der Waals surface area contributed by atoms with Crippen molar-refractivity contribution < 1.29 is 4.92 Å². The Morgan fingerprint density at radius 1 is 1.30 bits per heavy atom. The summed E-state index contributed by atoms with van der Waals surface area (Å²) in [6, 6.07) is 6.56. The highest BCUT2D eigenvalue weighted by atomic mass is 35.5. The zero-order valence-corrected chi connectivity index (χ0v) is 13.9. The molecule has 2 rings (SSSR count). The van der Waals surface area contributed by atoms with Crippen LogP contribution in [0.5, 0.6) is 0 Å². The molecule has 0 aliphatic rings. The summed E-state index contributed by atoms with van der Waals surface area (Å²) in [4.78, 5) is 14.8. The van der Waals surface area contributed by atoms with Gasteiger partial charge in [-0.15, -0.1) is 0 Å². The van der Waals surface area contributed by atoms with Gasteiger partial charge in [-0.05, 0) is 18.5 Å². The third-order valence-corrected chi connectivity index (χ3v) is 4.03. The van der Waals surface area contributed by atoms with Gasteiger partial charge < -0.3 is 10.3 Å². The summed E-state index contributed by atoms with van der Waals surface area (Å²) in [5, 5.41) is 11.2. The number of hydrogen-bond donors (Lipinski definition) is 1. The number of nitrogens with two attached hydrogens (primary N) is 1. The van der Waals surface area contributed by atoms with Crippen molar-refractivity contribution in [1.29, 1.82) is 0 Å². The standard InChI is InChI=1S/C16H21ClN4O2/c1-2-3-4-15-19-16(17)14(9-10-18)20(15)11-12-5-7-13(8-6-12)21(22)23/h5-8H,2-4,9-11,18H2,1H3. The fourth-order valence-electron chi connectivity index (χ4n) is 2.50. The lowest BCUT2D eigenvalue weighted by Gasteiger charge is -2.12. The highest BCUT2D eigenvalue weighted by Gasteiger charge is 2.15. The molecule has 0 unspecified atom stereocenters. The number of hydrogen-bond acceptors (Lipinski definition) is 4. The van der Waals surface area contributed by atoms with Gasteiger partial charge in [-0.25, -0.2) is 4.98 Å². The molecule has 0 atom stereocenters. The summed E-state index contributed by atoms with van der Waals surface area (Å²) in [6.45, 7) is 3.22. The van der Waals surface area contributed by atoms with E-state index in [1.54, 1.807) is 12.1 Å². The number of benzene rings is 1. The number of aromatic nitrogens is 2. The van der Waals surface area contributed by atoms with Crippen LogP contribution in [0.1, 0.15) is 36.8 Å². The second-order valence-electron chi connectivity index (χ2n) is 5.42. The summed E-state index contributed by atoms with van der Waals surface area (Å²) in [7, 11) is 0. The smallest absolute Gasteiger partial charge is 0.269 e. The Kier molecular flexibility index (Phi) is 6.12. The Morgan fingerprint density at radius 3 is 2.57 bits per heavy atom. The van der Waals surface area contributed by atoms with Gasteiger partial charge in [0.15, 0.2) is 5.15 Å². The zero-order chi connectivity index (χ0) is 16.8. The van der Waals surface area contributed by atoms with Crippen LogP contribution in [-0.2, 0) is 19.4 Å². The molecule has 7 heteroatoms. The second kappa shape index (κ2) is 8.08. The van der Waals surface area contributed by atoms with E-state index in [9.17, 15) is 10.1 Å². The van der Waals surface area contributed by atoms with E-state index in [0.717, 1.165) is 36.3 Å². The quantitative estimate of drug-likeness (QED) is 0.591. The van der Waals surface area contributed by atoms with Crippen LogP contribution < -0.4 is 5.73 Å². The number of nitro benzene ring substituents is 1. The summed E-state index contributed by atoms with van der Waals surface area (Å²) in [5.74, 6) is 0.943. The van der Waals surface area contributed by atoms with Crippen LogP contribution in [0.4, 0.5) is 5.69 Å². The summed E-state index contributed by atoms with van der Waals surface area (Å²) in [5.41, 5.74) is 7.67. The van der Waals surface area contributed by atoms with E-state index < -0.39 is 4.92 Å². The fraction of sp³-hybridized carbons (Fsp3) is 0.438. The summed E-state index contributed by atoms with van der Waals surface area (Å²) < 4.78 is 2.09. The third kappa shape index (κ3) is 4.30. The Balaban J connectivity index is 2.30. The van der Waals surface area contributed by atoms with Crippen molar-refractivity contribution in [3.05, 3.63) is 56.6 Å². The molecule has 0 radical (unpaired) electrons. The average molecular weight is 337 g/mol. The zero-order valence-electron chi connectivity index (χ0n) is 13.2. The van der Waals surface area contributed by atoms with Gasteiger partial charge in [-0.2, -0.15) is 0 Å². The summed E-state index contributed by atoms with van der Waals surface area (Å²) in [6.07, 6.45) is 3.63. The van der Waals surface area contributed by atoms with Gasteiger partial charge in [0.05, 0.1) is 10.6 Å². The Labute approximate surface area is 140 Å². The van der Waals surface area contributed by atoms with Gasteiger partial charge in [0, 0.05) is 31.5 Å². The summed E-state index contributed by atoms with van der Waals surface area (Å²) >= 11 is 6.26. The Hall–Kier alpha value is -1.92. The largest absolute Gasteiger partial charge is 0.330 e. The van der Waals surface area contributed by atoms with Crippen molar-refractivity contribution in [1.82, 2.24) is 9.55 Å². The SMILES string of the molecule is CCCCc1nc(Cl)c(CCN)n1Cc1ccc([N+](=O)[O-])cc1. The molecule has 1 heterocycles. The number of rotatable bonds is 8. The fourth-order valence-corrected chi connectivity index (χ4v) is 2.79. The molecule has 0 amide bonds. The van der Waals surface area contributed by atoms with Gasteiger partial charge in [0.1, 0.15) is 5.82 Å². The minimum absolute atomic E-state index is 0.0887. The highest BCUT2D eigenvalue weighted by molar-refractivity contribution is 6.30. The maximum absolute atomic E-state index is 10.7. The number of aryl methyl sites for hydroxylation is 1. The first-order chi connectivity index (χ1) is 11.1. The normalized spacial score (nSPS) is 10.9. The van der Waals surface area contributed by atoms with E-state index in [2.05, 4.69) is 16.5 Å². The van der Waals surface area contributed by atoms with Crippen LogP contribution in [0.3, 0.4) is 0 Å². The van der Waals surface area contributed by atoms with E-state index in [0.29, 0.717) is 24.7 Å². The van der Waals surface area contributed by atoms with Crippen molar-refractivity contribution in [2.75, 3.05) is 6.54 Å². The minimum Gasteiger partial charge on any atom is -0.330 e. The molecule has 1 aromatic carbocycles. The van der Waals surface area contributed by atoms with E-state index in [1.165, 1.54) is 12.1 Å². The van der Waals surface area contributed by atoms with Crippen LogP contribution in [0.2, 0.25) is 5.15 Å². The molecular weight excluding hydrogens is 316 g/mol. The lowest BCUT2D eigenvalue weighted by Crippen LogP contribution is -2.12. The monoisotopic (exact) mass is 336 g/mol. The number of imidazole rings is 1. The number of non-ortho nitro benzene ring substituents is 1. The van der Waals surface area contributed by atoms with Crippen molar-refractivity contribution in [3.63, 3.8) is 0 Å². The Bertz CT molecular complexity index is 667. The maximum Gasteiger partial charge on any atom is 0.269 e. The number of unbranched alkanes of at least 4 members (excludes halogenated alkanes) is 1.